The van der Waals surface area contributed by atoms with Crippen LogP contribution in [-0.2, 0) is 6.42 Å². The zero-order chi connectivity index (χ0) is 18.5. The van der Waals surface area contributed by atoms with E-state index in [4.69, 9.17) is 0 Å². The van der Waals surface area contributed by atoms with Gasteiger partial charge >= 0.3 is 0 Å². The maximum Gasteiger partial charge on any atom is 0.123 e. The molecule has 0 heterocycles. The molecule has 0 aliphatic heterocycles. The van der Waals surface area contributed by atoms with Crippen molar-refractivity contribution in [1.29, 1.82) is 0 Å². The van der Waals surface area contributed by atoms with Crippen molar-refractivity contribution in [3.05, 3.63) is 126 Å². The lowest BCUT2D eigenvalue weighted by molar-refractivity contribution is 0.627. The first-order valence-corrected chi connectivity index (χ1v) is 10.4. The molecule has 4 aromatic carbocycles. The van der Waals surface area contributed by atoms with E-state index in [1.165, 1.54) is 33.6 Å². The zero-order valence-electron chi connectivity index (χ0n) is 14.9. The Balaban J connectivity index is 1.80. The Morgan fingerprint density at radius 2 is 1.07 bits per heavy atom. The molecule has 0 atom stereocenters. The molecule has 0 N–H and O–H groups in total. The summed E-state index contributed by atoms with van der Waals surface area (Å²) in [5.74, 6) is -0.192. The van der Waals surface area contributed by atoms with Crippen LogP contribution < -0.4 is 15.9 Å². The van der Waals surface area contributed by atoms with E-state index < -0.39 is 7.92 Å². The minimum absolute atomic E-state index is 0.192. The van der Waals surface area contributed by atoms with Gasteiger partial charge in [-0.2, -0.15) is 0 Å². The zero-order valence-corrected chi connectivity index (χ0v) is 15.8. The number of hydrogen-bond donors (Lipinski definition) is 0. The van der Waals surface area contributed by atoms with Crippen molar-refractivity contribution in [1.82, 2.24) is 0 Å². The topological polar surface area (TPSA) is 0 Å². The normalized spacial score (nSPS) is 10.9. The van der Waals surface area contributed by atoms with Crippen LogP contribution in [0.15, 0.2) is 109 Å². The number of rotatable bonds is 5. The van der Waals surface area contributed by atoms with E-state index in [0.717, 1.165) is 12.0 Å². The highest BCUT2D eigenvalue weighted by molar-refractivity contribution is 7.79. The van der Waals surface area contributed by atoms with Crippen molar-refractivity contribution < 1.29 is 4.39 Å². The fourth-order valence-corrected chi connectivity index (χ4v) is 5.75. The van der Waals surface area contributed by atoms with Gasteiger partial charge in [-0.05, 0) is 53.5 Å². The molecule has 0 amide bonds. The van der Waals surface area contributed by atoms with Crippen LogP contribution >= 0.6 is 7.92 Å². The molecule has 0 aromatic heterocycles. The highest BCUT2D eigenvalue weighted by Gasteiger charge is 2.19. The molecule has 0 bridgehead atoms. The van der Waals surface area contributed by atoms with Crippen LogP contribution in [0.4, 0.5) is 4.39 Å². The van der Waals surface area contributed by atoms with E-state index in [9.17, 15) is 4.39 Å². The van der Waals surface area contributed by atoms with E-state index in [-0.39, 0.29) is 5.82 Å². The van der Waals surface area contributed by atoms with E-state index >= 15 is 0 Å². The van der Waals surface area contributed by atoms with Gasteiger partial charge in [-0.1, -0.05) is 97.1 Å². The average Bonchev–Trinajstić information content (AvgIpc) is 2.73. The predicted molar refractivity (Wildman–Crippen MR) is 114 cm³/mol. The molecule has 4 aromatic rings. The third kappa shape index (κ3) is 4.15. The summed E-state index contributed by atoms with van der Waals surface area (Å²) in [7, 11) is -0.643. The van der Waals surface area contributed by atoms with Gasteiger partial charge in [0, 0.05) is 0 Å². The number of hydrogen-bond acceptors (Lipinski definition) is 0. The monoisotopic (exact) mass is 370 g/mol. The summed E-state index contributed by atoms with van der Waals surface area (Å²) in [5, 5.41) is 4.03. The molecule has 27 heavy (non-hydrogen) atoms. The molecule has 0 nitrogen and oxygen atoms in total. The summed E-state index contributed by atoms with van der Waals surface area (Å²) in [6.45, 7) is 0. The molecule has 0 saturated carbocycles. The smallest absolute Gasteiger partial charge is 0.123 e. The lowest BCUT2D eigenvalue weighted by Gasteiger charge is -2.22. The highest BCUT2D eigenvalue weighted by atomic mass is 31.1. The standard InChI is InChI=1S/C25H20FP/c26-22-17-15-20(16-18-22)19-21-9-7-8-14-25(21)27(23-10-3-1-4-11-23)24-12-5-2-6-13-24/h1-18H,19H2. The van der Waals surface area contributed by atoms with Gasteiger partial charge in [0.1, 0.15) is 5.82 Å². The van der Waals surface area contributed by atoms with Crippen molar-refractivity contribution in [2.24, 2.45) is 0 Å². The average molecular weight is 370 g/mol. The molecule has 0 saturated heterocycles. The van der Waals surface area contributed by atoms with Crippen LogP contribution in [0, 0.1) is 5.82 Å². The fraction of sp³-hybridized carbons (Fsp3) is 0.0400. The van der Waals surface area contributed by atoms with Crippen molar-refractivity contribution in [3.8, 4) is 0 Å². The van der Waals surface area contributed by atoms with Gasteiger partial charge in [-0.25, -0.2) is 4.39 Å². The summed E-state index contributed by atoms with van der Waals surface area (Å²) in [6.07, 6.45) is 0.801. The SMILES string of the molecule is Fc1ccc(Cc2ccccc2P(c2ccccc2)c2ccccc2)cc1. The van der Waals surface area contributed by atoms with Crippen molar-refractivity contribution in [2.45, 2.75) is 6.42 Å². The van der Waals surface area contributed by atoms with Crippen LogP contribution in [0.25, 0.3) is 0 Å². The Morgan fingerprint density at radius 1 is 0.556 bits per heavy atom. The van der Waals surface area contributed by atoms with Gasteiger partial charge in [0.2, 0.25) is 0 Å². The molecule has 0 unspecified atom stereocenters. The van der Waals surface area contributed by atoms with E-state index in [0.29, 0.717) is 0 Å². The van der Waals surface area contributed by atoms with Crippen LogP contribution in [0.1, 0.15) is 11.1 Å². The molecular weight excluding hydrogens is 350 g/mol. The summed E-state index contributed by atoms with van der Waals surface area (Å²) in [4.78, 5) is 0. The van der Waals surface area contributed by atoms with Crippen LogP contribution in [0.3, 0.4) is 0 Å². The molecule has 0 radical (unpaired) electrons. The van der Waals surface area contributed by atoms with Gasteiger partial charge in [0.05, 0.1) is 0 Å². The molecule has 4 rings (SSSR count). The molecule has 0 aliphatic carbocycles. The summed E-state index contributed by atoms with van der Waals surface area (Å²) in [5.41, 5.74) is 2.42. The van der Waals surface area contributed by atoms with Crippen LogP contribution in [0.2, 0.25) is 0 Å². The third-order valence-electron chi connectivity index (χ3n) is 4.57. The van der Waals surface area contributed by atoms with E-state index in [2.05, 4.69) is 84.9 Å². The van der Waals surface area contributed by atoms with Gasteiger partial charge in [0.15, 0.2) is 0 Å². The molecule has 132 valence electrons. The van der Waals surface area contributed by atoms with E-state index in [1.54, 1.807) is 0 Å². The Kier molecular flexibility index (Phi) is 5.42. The predicted octanol–water partition coefficient (Wildman–Crippen LogP) is 5.17. The first-order valence-electron chi connectivity index (χ1n) is 9.04. The second-order valence-electron chi connectivity index (χ2n) is 6.44. The second kappa shape index (κ2) is 8.29. The lowest BCUT2D eigenvalue weighted by Crippen LogP contribution is -2.23. The first-order chi connectivity index (χ1) is 13.3. The lowest BCUT2D eigenvalue weighted by atomic mass is 10.1. The van der Waals surface area contributed by atoms with Crippen molar-refractivity contribution in [3.63, 3.8) is 0 Å². The first kappa shape index (κ1) is 17.6. The molecule has 2 heteroatoms. The summed E-state index contributed by atoms with van der Waals surface area (Å²) < 4.78 is 13.3. The highest BCUT2D eigenvalue weighted by Crippen LogP contribution is 2.34. The Morgan fingerprint density at radius 3 is 1.67 bits per heavy atom. The van der Waals surface area contributed by atoms with Gasteiger partial charge < -0.3 is 0 Å². The van der Waals surface area contributed by atoms with Crippen molar-refractivity contribution >= 4 is 23.8 Å². The summed E-state index contributed by atoms with van der Waals surface area (Å²) in [6, 6.07) is 36.9. The molecular formula is C25H20FP. The molecule has 0 aliphatic rings. The maximum absolute atomic E-state index is 13.3. The third-order valence-corrected chi connectivity index (χ3v) is 7.12. The number of halogens is 1. The largest absolute Gasteiger partial charge is 0.207 e. The Hall–Kier alpha value is -2.76. The number of benzene rings is 4. The molecule has 0 spiro atoms. The van der Waals surface area contributed by atoms with Crippen LogP contribution in [0.5, 0.6) is 0 Å². The Bertz CT molecular complexity index is 956. The van der Waals surface area contributed by atoms with Crippen LogP contribution in [-0.4, -0.2) is 0 Å². The van der Waals surface area contributed by atoms with Gasteiger partial charge in [0.25, 0.3) is 0 Å². The maximum atomic E-state index is 13.3. The minimum Gasteiger partial charge on any atom is -0.207 e. The molecule has 0 fully saturated rings. The van der Waals surface area contributed by atoms with Crippen molar-refractivity contribution in [2.75, 3.05) is 0 Å². The van der Waals surface area contributed by atoms with Gasteiger partial charge in [-0.15, -0.1) is 0 Å². The van der Waals surface area contributed by atoms with Gasteiger partial charge in [-0.3, -0.25) is 0 Å². The minimum atomic E-state index is -0.643. The summed E-state index contributed by atoms with van der Waals surface area (Å²) >= 11 is 0. The quantitative estimate of drug-likeness (QED) is 0.425. The Labute approximate surface area is 161 Å². The fourth-order valence-electron chi connectivity index (χ4n) is 3.28. The van der Waals surface area contributed by atoms with E-state index in [1.807, 2.05) is 12.1 Å². The second-order valence-corrected chi connectivity index (χ2v) is 8.62.